The molecule has 0 amide bonds. The molecule has 4 rings (SSSR count). The van der Waals surface area contributed by atoms with Crippen molar-refractivity contribution in [2.75, 3.05) is 5.43 Å². The molecule has 6 heteroatoms. The number of fused-ring (bicyclic) bond motifs is 1. The molecule has 0 saturated heterocycles. The number of nitrogens with one attached hydrogen (secondary N) is 2. The summed E-state index contributed by atoms with van der Waals surface area (Å²) in [7, 11) is 0. The van der Waals surface area contributed by atoms with Crippen LogP contribution in [0.1, 0.15) is 17.0 Å². The fraction of sp³-hybridized carbons (Fsp3) is 0.100. The van der Waals surface area contributed by atoms with Crippen LogP contribution in [-0.2, 0) is 0 Å². The maximum atomic E-state index is 4.46. The molecule has 0 unspecified atom stereocenters. The number of hydrazone groups is 1. The summed E-state index contributed by atoms with van der Waals surface area (Å²) >= 11 is 2.37. The maximum Gasteiger partial charge on any atom is 0.222 e. The van der Waals surface area contributed by atoms with E-state index in [1.165, 1.54) is 15.0 Å². The molecule has 0 aliphatic heterocycles. The van der Waals surface area contributed by atoms with E-state index in [2.05, 4.69) is 91.8 Å². The van der Waals surface area contributed by atoms with Crippen molar-refractivity contribution in [3.63, 3.8) is 0 Å². The van der Waals surface area contributed by atoms with Gasteiger partial charge in [-0.3, -0.25) is 0 Å². The Morgan fingerprint density at radius 2 is 1.88 bits per heavy atom. The molecule has 2 aromatic heterocycles. The molecule has 130 valence electrons. The second-order valence-electron chi connectivity index (χ2n) is 6.09. The van der Waals surface area contributed by atoms with Crippen LogP contribution in [0.15, 0.2) is 59.7 Å². The molecule has 0 spiro atoms. The van der Waals surface area contributed by atoms with Crippen molar-refractivity contribution < 1.29 is 0 Å². The van der Waals surface area contributed by atoms with Crippen molar-refractivity contribution in [3.8, 4) is 5.69 Å². The third kappa shape index (κ3) is 3.12. The van der Waals surface area contributed by atoms with Gasteiger partial charge in [-0.2, -0.15) is 5.10 Å². The molecule has 5 nitrogen and oxygen atoms in total. The molecule has 2 aromatic carbocycles. The van der Waals surface area contributed by atoms with Crippen LogP contribution in [0.5, 0.6) is 0 Å². The van der Waals surface area contributed by atoms with Gasteiger partial charge in [-0.05, 0) is 66.8 Å². The number of rotatable bonds is 4. The summed E-state index contributed by atoms with van der Waals surface area (Å²) in [5.74, 6) is 0.633. The second kappa shape index (κ2) is 6.95. The highest BCUT2D eigenvalue weighted by Crippen LogP contribution is 2.23. The van der Waals surface area contributed by atoms with Gasteiger partial charge in [0.15, 0.2) is 0 Å². The molecular formula is C20H18IN5. The SMILES string of the molecule is Cc1cc(/C=N\Nc2nc3ccccc3[nH]2)c(C)n1-c1ccccc1I. The minimum absolute atomic E-state index is 0.633. The molecule has 0 aliphatic carbocycles. The number of aromatic amines is 1. The zero-order valence-corrected chi connectivity index (χ0v) is 16.7. The first-order valence-corrected chi connectivity index (χ1v) is 9.39. The molecule has 0 saturated carbocycles. The topological polar surface area (TPSA) is 58.0 Å². The highest BCUT2D eigenvalue weighted by Gasteiger charge is 2.11. The van der Waals surface area contributed by atoms with Gasteiger partial charge in [-0.1, -0.05) is 24.3 Å². The van der Waals surface area contributed by atoms with Crippen LogP contribution in [0.25, 0.3) is 16.7 Å². The number of nitrogens with zero attached hydrogens (tertiary/aromatic N) is 3. The molecule has 2 heterocycles. The standard InChI is InChI=1S/C20H18IN5/c1-13-11-15(14(2)26(13)19-10-6-3-7-16(19)21)12-22-25-20-23-17-8-4-5-9-18(17)24-20/h3-12H,1-2H3,(H2,23,24,25)/b22-12-. The summed E-state index contributed by atoms with van der Waals surface area (Å²) in [4.78, 5) is 7.67. The fourth-order valence-electron chi connectivity index (χ4n) is 3.09. The maximum absolute atomic E-state index is 4.46. The molecule has 2 N–H and O–H groups in total. The Labute approximate surface area is 165 Å². The number of hydrogen-bond donors (Lipinski definition) is 2. The first-order valence-electron chi connectivity index (χ1n) is 8.31. The van der Waals surface area contributed by atoms with Gasteiger partial charge in [-0.25, -0.2) is 10.4 Å². The summed E-state index contributed by atoms with van der Waals surface area (Å²) in [5.41, 5.74) is 9.48. The van der Waals surface area contributed by atoms with Crippen LogP contribution in [0.4, 0.5) is 5.95 Å². The van der Waals surface area contributed by atoms with Crippen LogP contribution < -0.4 is 5.43 Å². The van der Waals surface area contributed by atoms with E-state index in [0.717, 1.165) is 22.3 Å². The lowest BCUT2D eigenvalue weighted by Gasteiger charge is -2.11. The largest absolute Gasteiger partial charge is 0.323 e. The van der Waals surface area contributed by atoms with Crippen molar-refractivity contribution in [1.29, 1.82) is 0 Å². The Balaban J connectivity index is 1.60. The van der Waals surface area contributed by atoms with Crippen molar-refractivity contribution in [3.05, 3.63) is 75.1 Å². The molecule has 26 heavy (non-hydrogen) atoms. The Morgan fingerprint density at radius 1 is 1.12 bits per heavy atom. The zero-order chi connectivity index (χ0) is 18.1. The van der Waals surface area contributed by atoms with E-state index in [0.29, 0.717) is 5.95 Å². The van der Waals surface area contributed by atoms with E-state index >= 15 is 0 Å². The molecule has 0 fully saturated rings. The van der Waals surface area contributed by atoms with Gasteiger partial charge in [-0.15, -0.1) is 0 Å². The van der Waals surface area contributed by atoms with Gasteiger partial charge in [0, 0.05) is 20.5 Å². The fourth-order valence-corrected chi connectivity index (χ4v) is 3.72. The normalized spacial score (nSPS) is 11.5. The van der Waals surface area contributed by atoms with Crippen molar-refractivity contribution >= 4 is 45.8 Å². The summed E-state index contributed by atoms with van der Waals surface area (Å²) in [6, 6.07) is 18.4. The number of benzene rings is 2. The Morgan fingerprint density at radius 3 is 2.69 bits per heavy atom. The zero-order valence-electron chi connectivity index (χ0n) is 14.5. The number of aromatic nitrogens is 3. The monoisotopic (exact) mass is 455 g/mol. The average Bonchev–Trinajstić information content (AvgIpc) is 3.16. The Bertz CT molecular complexity index is 1070. The Hall–Kier alpha value is -2.61. The number of para-hydroxylation sites is 3. The third-order valence-corrected chi connectivity index (χ3v) is 5.24. The van der Waals surface area contributed by atoms with Crippen LogP contribution in [-0.4, -0.2) is 20.7 Å². The lowest BCUT2D eigenvalue weighted by atomic mass is 10.2. The van der Waals surface area contributed by atoms with Crippen LogP contribution in [0.2, 0.25) is 0 Å². The second-order valence-corrected chi connectivity index (χ2v) is 7.25. The molecule has 4 aromatic rings. The van der Waals surface area contributed by atoms with Crippen LogP contribution in [0, 0.1) is 17.4 Å². The number of halogens is 1. The minimum Gasteiger partial charge on any atom is -0.323 e. The number of imidazole rings is 1. The molecule has 0 aliphatic rings. The predicted molar refractivity (Wildman–Crippen MR) is 115 cm³/mol. The number of H-pyrrole nitrogens is 1. The van der Waals surface area contributed by atoms with Gasteiger partial charge >= 0.3 is 0 Å². The van der Waals surface area contributed by atoms with Gasteiger partial charge < -0.3 is 9.55 Å². The molecule has 0 radical (unpaired) electrons. The van der Waals surface area contributed by atoms with E-state index in [-0.39, 0.29) is 0 Å². The van der Waals surface area contributed by atoms with Gasteiger partial charge in [0.2, 0.25) is 5.95 Å². The lowest BCUT2D eigenvalue weighted by Crippen LogP contribution is -2.02. The van der Waals surface area contributed by atoms with Crippen LogP contribution in [0.3, 0.4) is 0 Å². The number of anilines is 1. The summed E-state index contributed by atoms with van der Waals surface area (Å²) in [5, 5.41) is 4.35. The number of aryl methyl sites for hydroxylation is 1. The lowest BCUT2D eigenvalue weighted by molar-refractivity contribution is 0.959. The molecular weight excluding hydrogens is 437 g/mol. The highest BCUT2D eigenvalue weighted by atomic mass is 127. The summed E-state index contributed by atoms with van der Waals surface area (Å²) in [6.07, 6.45) is 1.84. The predicted octanol–water partition coefficient (Wildman–Crippen LogP) is 5.02. The smallest absolute Gasteiger partial charge is 0.222 e. The highest BCUT2D eigenvalue weighted by molar-refractivity contribution is 14.1. The van der Waals surface area contributed by atoms with Gasteiger partial charge in [0.25, 0.3) is 0 Å². The van der Waals surface area contributed by atoms with Crippen LogP contribution >= 0.6 is 22.6 Å². The third-order valence-electron chi connectivity index (χ3n) is 4.33. The van der Waals surface area contributed by atoms with E-state index in [4.69, 9.17) is 0 Å². The Kier molecular flexibility index (Phi) is 4.50. The summed E-state index contributed by atoms with van der Waals surface area (Å²) < 4.78 is 3.47. The van der Waals surface area contributed by atoms with Gasteiger partial charge in [0.05, 0.1) is 22.9 Å². The quantitative estimate of drug-likeness (QED) is 0.258. The average molecular weight is 455 g/mol. The first kappa shape index (κ1) is 16.8. The van der Waals surface area contributed by atoms with E-state index in [1.54, 1.807) is 0 Å². The van der Waals surface area contributed by atoms with Crippen molar-refractivity contribution in [1.82, 2.24) is 14.5 Å². The minimum atomic E-state index is 0.633. The number of hydrogen-bond acceptors (Lipinski definition) is 3. The van der Waals surface area contributed by atoms with Crippen molar-refractivity contribution in [2.45, 2.75) is 13.8 Å². The molecule has 0 atom stereocenters. The summed E-state index contributed by atoms with van der Waals surface area (Å²) in [6.45, 7) is 4.22. The van der Waals surface area contributed by atoms with Gasteiger partial charge in [0.1, 0.15) is 0 Å². The van der Waals surface area contributed by atoms with Crippen molar-refractivity contribution in [2.24, 2.45) is 5.10 Å². The van der Waals surface area contributed by atoms with E-state index < -0.39 is 0 Å². The first-order chi connectivity index (χ1) is 12.6. The van der Waals surface area contributed by atoms with E-state index in [1.807, 2.05) is 30.5 Å². The van der Waals surface area contributed by atoms with E-state index in [9.17, 15) is 0 Å². The molecule has 0 bridgehead atoms.